The van der Waals surface area contributed by atoms with Gasteiger partial charge in [0.1, 0.15) is 5.75 Å². The van der Waals surface area contributed by atoms with Crippen molar-refractivity contribution in [2.45, 2.75) is 96.8 Å². The van der Waals surface area contributed by atoms with Gasteiger partial charge < -0.3 is 9.84 Å². The standard InChI is InChI=1S/C27H40N2O3/c1-3-5-7-9-11-13-19-32-24-17-15-22(16-18-24)26-28-20-23(21-29-26)25(27(30)31)14-12-10-8-6-4-2/h15-18,20-21,25H,3-14,19H2,1-2H3,(H,30,31). The maximum Gasteiger partial charge on any atom is 0.311 e. The van der Waals surface area contributed by atoms with Gasteiger partial charge in [0.15, 0.2) is 5.82 Å². The lowest BCUT2D eigenvalue weighted by Gasteiger charge is -2.12. The molecule has 176 valence electrons. The van der Waals surface area contributed by atoms with Crippen LogP contribution in [0.25, 0.3) is 11.4 Å². The maximum absolute atomic E-state index is 11.7. The van der Waals surface area contributed by atoms with E-state index >= 15 is 0 Å². The number of carboxylic acids is 1. The minimum atomic E-state index is -0.802. The second kappa shape index (κ2) is 15.4. The first-order chi connectivity index (χ1) is 15.7. The van der Waals surface area contributed by atoms with E-state index in [0.717, 1.165) is 43.6 Å². The van der Waals surface area contributed by atoms with Gasteiger partial charge >= 0.3 is 5.97 Å². The highest BCUT2D eigenvalue weighted by molar-refractivity contribution is 5.75. The Morgan fingerprint density at radius 3 is 2.00 bits per heavy atom. The molecule has 1 N–H and O–H groups in total. The molecule has 0 saturated carbocycles. The molecule has 0 aliphatic rings. The molecule has 5 heteroatoms. The van der Waals surface area contributed by atoms with E-state index in [2.05, 4.69) is 23.8 Å². The lowest BCUT2D eigenvalue weighted by atomic mass is 9.95. The van der Waals surface area contributed by atoms with Crippen LogP contribution in [0.5, 0.6) is 5.75 Å². The molecule has 1 heterocycles. The third-order valence-corrected chi connectivity index (χ3v) is 5.85. The second-order valence-electron chi connectivity index (χ2n) is 8.57. The molecule has 0 aliphatic heterocycles. The van der Waals surface area contributed by atoms with Crippen LogP contribution in [0.3, 0.4) is 0 Å². The van der Waals surface area contributed by atoms with Gasteiger partial charge in [-0.3, -0.25) is 4.79 Å². The highest BCUT2D eigenvalue weighted by Crippen LogP contribution is 2.25. The van der Waals surface area contributed by atoms with E-state index < -0.39 is 11.9 Å². The van der Waals surface area contributed by atoms with Crippen LogP contribution in [-0.4, -0.2) is 27.7 Å². The first kappa shape index (κ1) is 25.8. The van der Waals surface area contributed by atoms with E-state index in [1.807, 2.05) is 24.3 Å². The molecule has 1 atom stereocenters. The van der Waals surface area contributed by atoms with Gasteiger partial charge in [0, 0.05) is 23.5 Å². The first-order valence-corrected chi connectivity index (χ1v) is 12.4. The van der Waals surface area contributed by atoms with E-state index in [-0.39, 0.29) is 0 Å². The minimum Gasteiger partial charge on any atom is -0.494 e. The van der Waals surface area contributed by atoms with Crippen molar-refractivity contribution < 1.29 is 14.6 Å². The topological polar surface area (TPSA) is 72.3 Å². The van der Waals surface area contributed by atoms with Crippen molar-refractivity contribution in [1.29, 1.82) is 0 Å². The lowest BCUT2D eigenvalue weighted by Crippen LogP contribution is -2.12. The summed E-state index contributed by atoms with van der Waals surface area (Å²) in [7, 11) is 0. The molecule has 1 aromatic carbocycles. The zero-order valence-corrected chi connectivity index (χ0v) is 19.9. The Bertz CT molecular complexity index is 759. The molecule has 0 fully saturated rings. The van der Waals surface area contributed by atoms with Crippen LogP contribution in [0.4, 0.5) is 0 Å². The summed E-state index contributed by atoms with van der Waals surface area (Å²) in [4.78, 5) is 20.6. The van der Waals surface area contributed by atoms with Crippen LogP contribution in [0, 0.1) is 0 Å². The molecule has 1 unspecified atom stereocenters. The van der Waals surface area contributed by atoms with Gasteiger partial charge in [-0.25, -0.2) is 9.97 Å². The summed E-state index contributed by atoms with van der Waals surface area (Å²) >= 11 is 0. The number of benzene rings is 1. The molecule has 2 aromatic rings. The maximum atomic E-state index is 11.7. The zero-order valence-electron chi connectivity index (χ0n) is 19.9. The van der Waals surface area contributed by atoms with Crippen molar-refractivity contribution in [3.05, 3.63) is 42.2 Å². The quantitative estimate of drug-likeness (QED) is 0.259. The Balaban J connectivity index is 1.83. The second-order valence-corrected chi connectivity index (χ2v) is 8.57. The average molecular weight is 441 g/mol. The van der Waals surface area contributed by atoms with E-state index in [1.54, 1.807) is 12.4 Å². The number of hydrogen-bond acceptors (Lipinski definition) is 4. The van der Waals surface area contributed by atoms with Crippen molar-refractivity contribution in [3.8, 4) is 17.1 Å². The number of aromatic nitrogens is 2. The Labute approximate surface area is 193 Å². The SMILES string of the molecule is CCCCCCCCOc1ccc(-c2ncc(C(CCCCCCC)C(=O)O)cn2)cc1. The highest BCUT2D eigenvalue weighted by atomic mass is 16.5. The molecule has 0 spiro atoms. The number of unbranched alkanes of at least 4 members (excludes halogenated alkanes) is 9. The highest BCUT2D eigenvalue weighted by Gasteiger charge is 2.20. The van der Waals surface area contributed by atoms with Gasteiger partial charge in [0.25, 0.3) is 0 Å². The Kier molecular flexibility index (Phi) is 12.4. The van der Waals surface area contributed by atoms with Crippen LogP contribution in [0.1, 0.15) is 102 Å². The molecule has 0 radical (unpaired) electrons. The molecule has 1 aromatic heterocycles. The third kappa shape index (κ3) is 9.37. The fourth-order valence-electron chi connectivity index (χ4n) is 3.82. The smallest absolute Gasteiger partial charge is 0.311 e. The summed E-state index contributed by atoms with van der Waals surface area (Å²) in [5.74, 6) is 0.114. The first-order valence-electron chi connectivity index (χ1n) is 12.4. The normalized spacial score (nSPS) is 11.9. The van der Waals surface area contributed by atoms with Gasteiger partial charge in [-0.15, -0.1) is 0 Å². The van der Waals surface area contributed by atoms with E-state index in [9.17, 15) is 9.90 Å². The van der Waals surface area contributed by atoms with Gasteiger partial charge in [-0.2, -0.15) is 0 Å². The summed E-state index contributed by atoms with van der Waals surface area (Å²) in [5.41, 5.74) is 1.57. The van der Waals surface area contributed by atoms with Gasteiger partial charge in [-0.05, 0) is 37.1 Å². The van der Waals surface area contributed by atoms with Crippen LogP contribution in [0.2, 0.25) is 0 Å². The van der Waals surface area contributed by atoms with Gasteiger partial charge in [0.2, 0.25) is 0 Å². The number of carbonyl (C=O) groups is 1. The average Bonchev–Trinajstić information content (AvgIpc) is 2.81. The predicted molar refractivity (Wildman–Crippen MR) is 130 cm³/mol. The Morgan fingerprint density at radius 1 is 0.844 bits per heavy atom. The molecule has 0 amide bonds. The number of carboxylic acid groups (broad SMARTS) is 1. The number of hydrogen-bond donors (Lipinski definition) is 1. The molecule has 0 aliphatic carbocycles. The summed E-state index contributed by atoms with van der Waals surface area (Å²) in [6, 6.07) is 7.79. The lowest BCUT2D eigenvalue weighted by molar-refractivity contribution is -0.139. The van der Waals surface area contributed by atoms with Crippen molar-refractivity contribution in [2.24, 2.45) is 0 Å². The molecule has 0 saturated heterocycles. The van der Waals surface area contributed by atoms with E-state index in [0.29, 0.717) is 17.8 Å². The summed E-state index contributed by atoms with van der Waals surface area (Å²) in [6.07, 6.45) is 17.0. The van der Waals surface area contributed by atoms with Crippen LogP contribution >= 0.6 is 0 Å². The largest absolute Gasteiger partial charge is 0.494 e. The third-order valence-electron chi connectivity index (χ3n) is 5.85. The molecule has 32 heavy (non-hydrogen) atoms. The van der Waals surface area contributed by atoms with Crippen molar-refractivity contribution in [3.63, 3.8) is 0 Å². The number of rotatable bonds is 17. The fraction of sp³-hybridized carbons (Fsp3) is 0.593. The zero-order chi connectivity index (χ0) is 23.0. The van der Waals surface area contributed by atoms with E-state index in [4.69, 9.17) is 4.74 Å². The Morgan fingerprint density at radius 2 is 1.41 bits per heavy atom. The van der Waals surface area contributed by atoms with Gasteiger partial charge in [0.05, 0.1) is 12.5 Å². The molecule has 0 bridgehead atoms. The molecular weight excluding hydrogens is 400 g/mol. The fourth-order valence-corrected chi connectivity index (χ4v) is 3.82. The van der Waals surface area contributed by atoms with E-state index in [1.165, 1.54) is 44.9 Å². The van der Waals surface area contributed by atoms with Crippen molar-refractivity contribution in [2.75, 3.05) is 6.61 Å². The monoisotopic (exact) mass is 440 g/mol. The predicted octanol–water partition coefficient (Wildman–Crippen LogP) is 7.41. The van der Waals surface area contributed by atoms with Gasteiger partial charge in [-0.1, -0.05) is 78.1 Å². The van der Waals surface area contributed by atoms with Crippen molar-refractivity contribution >= 4 is 5.97 Å². The van der Waals surface area contributed by atoms with Crippen LogP contribution in [-0.2, 0) is 4.79 Å². The summed E-state index contributed by atoms with van der Waals surface area (Å²) in [5, 5.41) is 9.62. The summed E-state index contributed by atoms with van der Waals surface area (Å²) < 4.78 is 5.84. The number of nitrogens with zero attached hydrogens (tertiary/aromatic N) is 2. The molecular formula is C27H40N2O3. The molecule has 5 nitrogen and oxygen atoms in total. The summed E-state index contributed by atoms with van der Waals surface area (Å²) in [6.45, 7) is 5.15. The van der Waals surface area contributed by atoms with Crippen molar-refractivity contribution in [1.82, 2.24) is 9.97 Å². The van der Waals surface area contributed by atoms with Crippen LogP contribution < -0.4 is 4.74 Å². The number of aliphatic carboxylic acids is 1. The van der Waals surface area contributed by atoms with Crippen LogP contribution in [0.15, 0.2) is 36.7 Å². The molecule has 2 rings (SSSR count). The Hall–Kier alpha value is -2.43. The number of ether oxygens (including phenoxy) is 1. The minimum absolute atomic E-state index is 0.538.